The monoisotopic (exact) mass is 230 g/mol. The van der Waals surface area contributed by atoms with Crippen molar-refractivity contribution in [2.75, 3.05) is 0 Å². The van der Waals surface area contributed by atoms with Gasteiger partial charge in [0.25, 0.3) is 0 Å². The third-order valence-corrected chi connectivity index (χ3v) is 2.36. The minimum atomic E-state index is 0.423. The summed E-state index contributed by atoms with van der Waals surface area (Å²) in [5.41, 5.74) is 0.810. The Morgan fingerprint density at radius 2 is 2.18 bits per heavy atom. The van der Waals surface area contributed by atoms with Crippen LogP contribution in [0.4, 0.5) is 0 Å². The summed E-state index contributed by atoms with van der Waals surface area (Å²) in [6.07, 6.45) is 0. The lowest BCUT2D eigenvalue weighted by molar-refractivity contribution is 0.618. The summed E-state index contributed by atoms with van der Waals surface area (Å²) in [7, 11) is 0. The van der Waals surface area contributed by atoms with E-state index in [0.29, 0.717) is 5.22 Å². The van der Waals surface area contributed by atoms with Crippen molar-refractivity contribution in [3.05, 3.63) is 34.0 Å². The highest BCUT2D eigenvalue weighted by molar-refractivity contribution is 9.10. The number of furan rings is 1. The Morgan fingerprint density at radius 3 is 2.91 bits per heavy atom. The summed E-state index contributed by atoms with van der Waals surface area (Å²) in [6.45, 7) is 0. The zero-order valence-corrected chi connectivity index (χ0v) is 7.82. The van der Waals surface area contributed by atoms with Crippen LogP contribution in [0.2, 0.25) is 5.22 Å². The second-order valence-corrected chi connectivity index (χ2v) is 3.43. The molecule has 0 spiro atoms. The molecule has 2 rings (SSSR count). The van der Waals surface area contributed by atoms with Crippen LogP contribution in [0.5, 0.6) is 0 Å². The van der Waals surface area contributed by atoms with Gasteiger partial charge in [-0.15, -0.1) is 0 Å². The first kappa shape index (κ1) is 7.19. The molecule has 11 heavy (non-hydrogen) atoms. The molecule has 0 atom stereocenters. The zero-order chi connectivity index (χ0) is 7.84. The third-order valence-electron chi connectivity index (χ3n) is 1.48. The smallest absolute Gasteiger partial charge is 0.194 e. The van der Waals surface area contributed by atoms with Gasteiger partial charge in [-0.3, -0.25) is 0 Å². The maximum absolute atomic E-state index is 5.67. The summed E-state index contributed by atoms with van der Waals surface area (Å²) < 4.78 is 6.19. The van der Waals surface area contributed by atoms with Gasteiger partial charge in [0.15, 0.2) is 5.22 Å². The normalized spacial score (nSPS) is 10.7. The van der Waals surface area contributed by atoms with Gasteiger partial charge in [-0.25, -0.2) is 0 Å². The van der Waals surface area contributed by atoms with Crippen LogP contribution in [0.25, 0.3) is 11.0 Å². The van der Waals surface area contributed by atoms with Crippen LogP contribution in [-0.4, -0.2) is 0 Å². The molecule has 0 bridgehead atoms. The summed E-state index contributed by atoms with van der Waals surface area (Å²) in [5, 5.41) is 1.43. The van der Waals surface area contributed by atoms with Gasteiger partial charge in [0, 0.05) is 15.9 Å². The second-order valence-electron chi connectivity index (χ2n) is 2.20. The van der Waals surface area contributed by atoms with Crippen LogP contribution in [-0.2, 0) is 0 Å². The van der Waals surface area contributed by atoms with Gasteiger partial charge in [-0.05, 0) is 23.7 Å². The number of fused-ring (bicyclic) bond motifs is 1. The van der Waals surface area contributed by atoms with Crippen LogP contribution in [0.15, 0.2) is 33.2 Å². The van der Waals surface area contributed by atoms with Gasteiger partial charge in [0.2, 0.25) is 0 Å². The van der Waals surface area contributed by atoms with Gasteiger partial charge in [-0.2, -0.15) is 0 Å². The second kappa shape index (κ2) is 2.54. The van der Waals surface area contributed by atoms with E-state index in [2.05, 4.69) is 15.9 Å². The number of hydrogen-bond acceptors (Lipinski definition) is 1. The molecule has 1 nitrogen and oxygen atoms in total. The molecule has 3 heteroatoms. The van der Waals surface area contributed by atoms with Crippen molar-refractivity contribution >= 4 is 38.5 Å². The Hall–Kier alpha value is -0.470. The van der Waals surface area contributed by atoms with Crippen molar-refractivity contribution in [3.8, 4) is 0 Å². The molecule has 0 aliphatic heterocycles. The fourth-order valence-electron chi connectivity index (χ4n) is 0.994. The average molecular weight is 231 g/mol. The molecular weight excluding hydrogens is 227 g/mol. The van der Waals surface area contributed by atoms with Gasteiger partial charge in [-0.1, -0.05) is 22.0 Å². The summed E-state index contributed by atoms with van der Waals surface area (Å²) in [4.78, 5) is 0. The highest BCUT2D eigenvalue weighted by Gasteiger charge is 2.02. The SMILES string of the molecule is Clc1cc2c(Br)cccc2o1. The van der Waals surface area contributed by atoms with Crippen LogP contribution in [0.1, 0.15) is 0 Å². The number of benzene rings is 1. The molecule has 2 aromatic rings. The predicted octanol–water partition coefficient (Wildman–Crippen LogP) is 3.85. The molecular formula is C8H4BrClO. The van der Waals surface area contributed by atoms with E-state index in [4.69, 9.17) is 16.0 Å². The fourth-order valence-corrected chi connectivity index (χ4v) is 1.65. The van der Waals surface area contributed by atoms with E-state index in [1.165, 1.54) is 0 Å². The maximum Gasteiger partial charge on any atom is 0.194 e. The van der Waals surface area contributed by atoms with Crippen molar-refractivity contribution in [1.82, 2.24) is 0 Å². The predicted molar refractivity (Wildman–Crippen MR) is 48.9 cm³/mol. The Kier molecular flexibility index (Phi) is 1.66. The molecule has 0 radical (unpaired) electrons. The molecule has 0 aliphatic rings. The fraction of sp³-hybridized carbons (Fsp3) is 0. The molecule has 0 N–H and O–H groups in total. The van der Waals surface area contributed by atoms with Gasteiger partial charge in [0.1, 0.15) is 5.58 Å². The van der Waals surface area contributed by atoms with Crippen molar-refractivity contribution in [1.29, 1.82) is 0 Å². The molecule has 0 saturated heterocycles. The molecule has 56 valence electrons. The van der Waals surface area contributed by atoms with E-state index in [1.54, 1.807) is 6.07 Å². The quantitative estimate of drug-likeness (QED) is 0.671. The van der Waals surface area contributed by atoms with E-state index in [-0.39, 0.29) is 0 Å². The molecule has 1 aromatic heterocycles. The standard InChI is InChI=1S/C8H4BrClO/c9-6-2-1-3-7-5(6)4-8(10)11-7/h1-4H. The lowest BCUT2D eigenvalue weighted by Gasteiger charge is -1.88. The third kappa shape index (κ3) is 1.17. The number of halogens is 2. The van der Waals surface area contributed by atoms with Crippen molar-refractivity contribution in [2.24, 2.45) is 0 Å². The van der Waals surface area contributed by atoms with E-state index in [1.807, 2.05) is 18.2 Å². The van der Waals surface area contributed by atoms with E-state index >= 15 is 0 Å². The Bertz CT molecular complexity index is 394. The first-order valence-electron chi connectivity index (χ1n) is 3.11. The van der Waals surface area contributed by atoms with Gasteiger partial charge < -0.3 is 4.42 Å². The number of rotatable bonds is 0. The first-order chi connectivity index (χ1) is 5.27. The minimum absolute atomic E-state index is 0.423. The van der Waals surface area contributed by atoms with Crippen LogP contribution in [0, 0.1) is 0 Å². The Morgan fingerprint density at radius 1 is 1.36 bits per heavy atom. The summed E-state index contributed by atoms with van der Waals surface area (Å²) in [6, 6.07) is 7.54. The van der Waals surface area contributed by atoms with Gasteiger partial charge >= 0.3 is 0 Å². The molecule has 0 unspecified atom stereocenters. The van der Waals surface area contributed by atoms with Crippen molar-refractivity contribution in [3.63, 3.8) is 0 Å². The van der Waals surface area contributed by atoms with E-state index in [0.717, 1.165) is 15.4 Å². The van der Waals surface area contributed by atoms with Gasteiger partial charge in [0.05, 0.1) is 0 Å². The first-order valence-corrected chi connectivity index (χ1v) is 4.28. The molecule has 1 aromatic carbocycles. The van der Waals surface area contributed by atoms with Crippen LogP contribution < -0.4 is 0 Å². The van der Waals surface area contributed by atoms with Crippen molar-refractivity contribution in [2.45, 2.75) is 0 Å². The maximum atomic E-state index is 5.67. The summed E-state index contributed by atoms with van der Waals surface area (Å²) >= 11 is 9.06. The topological polar surface area (TPSA) is 13.1 Å². The molecule has 0 fully saturated rings. The Balaban J connectivity index is 2.90. The zero-order valence-electron chi connectivity index (χ0n) is 5.47. The van der Waals surface area contributed by atoms with Crippen molar-refractivity contribution < 1.29 is 4.42 Å². The molecule has 1 heterocycles. The Labute approximate surface area is 77.1 Å². The highest BCUT2D eigenvalue weighted by Crippen LogP contribution is 2.28. The van der Waals surface area contributed by atoms with E-state index < -0.39 is 0 Å². The summed E-state index contributed by atoms with van der Waals surface area (Å²) in [5.74, 6) is 0. The van der Waals surface area contributed by atoms with Crippen LogP contribution in [0.3, 0.4) is 0 Å². The highest BCUT2D eigenvalue weighted by atomic mass is 79.9. The molecule has 0 amide bonds. The van der Waals surface area contributed by atoms with Crippen LogP contribution >= 0.6 is 27.5 Å². The number of hydrogen-bond donors (Lipinski definition) is 0. The average Bonchev–Trinajstić information content (AvgIpc) is 2.31. The van der Waals surface area contributed by atoms with E-state index in [9.17, 15) is 0 Å². The molecule has 0 aliphatic carbocycles. The lowest BCUT2D eigenvalue weighted by atomic mass is 10.3. The minimum Gasteiger partial charge on any atom is -0.445 e. The lowest BCUT2D eigenvalue weighted by Crippen LogP contribution is -1.63. The largest absolute Gasteiger partial charge is 0.445 e. The molecule has 0 saturated carbocycles.